The van der Waals surface area contributed by atoms with Crippen molar-refractivity contribution in [1.82, 2.24) is 9.55 Å². The number of rotatable bonds is 6. The maximum absolute atomic E-state index is 9.34. The molecule has 0 bridgehead atoms. The molecule has 0 radical (unpaired) electrons. The van der Waals surface area contributed by atoms with Gasteiger partial charge in [0.25, 0.3) is 0 Å². The normalized spacial score (nSPS) is 11.2. The van der Waals surface area contributed by atoms with Crippen LogP contribution < -0.4 is 0 Å². The lowest BCUT2D eigenvalue weighted by molar-refractivity contribution is 0.265. The average molecular weight is 232 g/mol. The maximum atomic E-state index is 9.34. The van der Waals surface area contributed by atoms with Crippen LogP contribution in [0.3, 0.4) is 0 Å². The molecule has 2 rings (SSSR count). The van der Waals surface area contributed by atoms with Crippen LogP contribution in [0.15, 0.2) is 24.3 Å². The number of para-hydroxylation sites is 2. The first-order valence-corrected chi connectivity index (χ1v) is 6.41. The van der Waals surface area contributed by atoms with E-state index in [4.69, 9.17) is 0 Å². The molecule has 2 aromatic rings. The van der Waals surface area contributed by atoms with E-state index in [2.05, 4.69) is 22.5 Å². The van der Waals surface area contributed by atoms with Crippen molar-refractivity contribution in [3.05, 3.63) is 30.1 Å². The summed E-state index contributed by atoms with van der Waals surface area (Å²) in [4.78, 5) is 4.44. The van der Waals surface area contributed by atoms with Crippen LogP contribution in [-0.2, 0) is 13.2 Å². The van der Waals surface area contributed by atoms with Crippen LogP contribution in [0, 0.1) is 0 Å². The summed E-state index contributed by atoms with van der Waals surface area (Å²) in [7, 11) is 0. The molecule has 0 saturated carbocycles. The number of aliphatic hydroxyl groups excluding tert-OH is 1. The molecule has 0 aliphatic heterocycles. The Kier molecular flexibility index (Phi) is 4.15. The summed E-state index contributed by atoms with van der Waals surface area (Å²) in [6.45, 7) is 3.19. The van der Waals surface area contributed by atoms with Crippen LogP contribution in [0.25, 0.3) is 11.0 Å². The highest BCUT2D eigenvalue weighted by Crippen LogP contribution is 2.17. The molecular formula is C14H20N2O. The third-order valence-electron chi connectivity index (χ3n) is 3.11. The quantitative estimate of drug-likeness (QED) is 0.777. The summed E-state index contributed by atoms with van der Waals surface area (Å²) in [5.41, 5.74) is 2.11. The van der Waals surface area contributed by atoms with Crippen molar-refractivity contribution in [2.75, 3.05) is 0 Å². The Morgan fingerprint density at radius 1 is 1.18 bits per heavy atom. The van der Waals surface area contributed by atoms with Gasteiger partial charge >= 0.3 is 0 Å². The van der Waals surface area contributed by atoms with Crippen LogP contribution in [0.5, 0.6) is 0 Å². The minimum Gasteiger partial charge on any atom is -0.388 e. The second kappa shape index (κ2) is 5.82. The lowest BCUT2D eigenvalue weighted by Gasteiger charge is -2.07. The summed E-state index contributed by atoms with van der Waals surface area (Å²) >= 11 is 0. The number of fused-ring (bicyclic) bond motifs is 1. The fourth-order valence-electron chi connectivity index (χ4n) is 2.19. The second-order valence-corrected chi connectivity index (χ2v) is 4.39. The number of hydrogen-bond donors (Lipinski definition) is 1. The minimum absolute atomic E-state index is 0.0163. The third-order valence-corrected chi connectivity index (χ3v) is 3.11. The van der Waals surface area contributed by atoms with Gasteiger partial charge in [-0.2, -0.15) is 0 Å². The Morgan fingerprint density at radius 2 is 2.00 bits per heavy atom. The van der Waals surface area contributed by atoms with E-state index in [0.29, 0.717) is 0 Å². The monoisotopic (exact) mass is 232 g/mol. The molecule has 0 aliphatic rings. The molecule has 1 aromatic heterocycles. The van der Waals surface area contributed by atoms with Crippen molar-refractivity contribution in [1.29, 1.82) is 0 Å². The summed E-state index contributed by atoms with van der Waals surface area (Å²) in [6.07, 6.45) is 4.92. The lowest BCUT2D eigenvalue weighted by Crippen LogP contribution is -2.03. The number of hydrogen-bond acceptors (Lipinski definition) is 2. The molecule has 3 nitrogen and oxygen atoms in total. The predicted molar refractivity (Wildman–Crippen MR) is 69.8 cm³/mol. The zero-order valence-corrected chi connectivity index (χ0v) is 10.4. The molecule has 92 valence electrons. The summed E-state index contributed by atoms with van der Waals surface area (Å²) in [6, 6.07) is 8.07. The second-order valence-electron chi connectivity index (χ2n) is 4.39. The molecule has 3 heteroatoms. The molecule has 1 aromatic carbocycles. The fraction of sp³-hybridized carbons (Fsp3) is 0.500. The Bertz CT molecular complexity index is 476. The molecule has 0 aliphatic carbocycles. The molecule has 0 atom stereocenters. The van der Waals surface area contributed by atoms with Crippen molar-refractivity contribution >= 4 is 11.0 Å². The van der Waals surface area contributed by atoms with Gasteiger partial charge in [0.15, 0.2) is 0 Å². The minimum atomic E-state index is 0.0163. The Hall–Kier alpha value is -1.35. The highest BCUT2D eigenvalue weighted by Gasteiger charge is 2.08. The van der Waals surface area contributed by atoms with E-state index in [0.717, 1.165) is 29.8 Å². The van der Waals surface area contributed by atoms with Gasteiger partial charge in [-0.1, -0.05) is 38.3 Å². The Labute approximate surface area is 102 Å². The van der Waals surface area contributed by atoms with Crippen molar-refractivity contribution < 1.29 is 5.11 Å². The summed E-state index contributed by atoms with van der Waals surface area (Å²) in [5.74, 6) is 0.780. The largest absolute Gasteiger partial charge is 0.388 e. The zero-order valence-electron chi connectivity index (χ0n) is 10.4. The summed E-state index contributed by atoms with van der Waals surface area (Å²) in [5, 5.41) is 9.34. The van der Waals surface area contributed by atoms with E-state index in [-0.39, 0.29) is 6.61 Å². The van der Waals surface area contributed by atoms with Gasteiger partial charge in [0, 0.05) is 6.54 Å². The Morgan fingerprint density at radius 3 is 2.76 bits per heavy atom. The van der Waals surface area contributed by atoms with Gasteiger partial charge in [0.2, 0.25) is 0 Å². The zero-order chi connectivity index (χ0) is 12.1. The van der Waals surface area contributed by atoms with E-state index in [1.807, 2.05) is 18.2 Å². The van der Waals surface area contributed by atoms with Gasteiger partial charge in [0.05, 0.1) is 11.0 Å². The maximum Gasteiger partial charge on any atom is 0.135 e. The van der Waals surface area contributed by atoms with Gasteiger partial charge in [-0.3, -0.25) is 0 Å². The number of aryl methyl sites for hydroxylation is 1. The van der Waals surface area contributed by atoms with E-state index in [1.54, 1.807) is 0 Å². The standard InChI is InChI=1S/C14H20N2O/c1-2-3-4-7-10-16-13-9-6-5-8-12(13)15-14(16)11-17/h5-6,8-9,17H,2-4,7,10-11H2,1H3. The summed E-state index contributed by atoms with van der Waals surface area (Å²) < 4.78 is 2.14. The first-order valence-electron chi connectivity index (χ1n) is 6.41. The molecule has 1 heterocycles. The van der Waals surface area contributed by atoms with Crippen LogP contribution in [0.1, 0.15) is 38.4 Å². The first kappa shape index (κ1) is 12.1. The topological polar surface area (TPSA) is 38.0 Å². The smallest absolute Gasteiger partial charge is 0.135 e. The van der Waals surface area contributed by atoms with Crippen molar-refractivity contribution in [2.45, 2.75) is 45.8 Å². The highest BCUT2D eigenvalue weighted by atomic mass is 16.3. The predicted octanol–water partition coefficient (Wildman–Crippen LogP) is 3.11. The molecule has 0 spiro atoms. The van der Waals surface area contributed by atoms with Crippen LogP contribution in [-0.4, -0.2) is 14.7 Å². The van der Waals surface area contributed by atoms with Crippen molar-refractivity contribution in [2.24, 2.45) is 0 Å². The van der Waals surface area contributed by atoms with Crippen molar-refractivity contribution in [3.63, 3.8) is 0 Å². The van der Waals surface area contributed by atoms with Crippen LogP contribution in [0.4, 0.5) is 0 Å². The van der Waals surface area contributed by atoms with Crippen LogP contribution >= 0.6 is 0 Å². The van der Waals surface area contributed by atoms with Crippen LogP contribution in [0.2, 0.25) is 0 Å². The first-order chi connectivity index (χ1) is 8.36. The van der Waals surface area contributed by atoms with E-state index >= 15 is 0 Å². The number of aliphatic hydroxyl groups is 1. The number of aromatic nitrogens is 2. The lowest BCUT2D eigenvalue weighted by atomic mass is 10.2. The van der Waals surface area contributed by atoms with Gasteiger partial charge in [-0.05, 0) is 18.6 Å². The number of unbranched alkanes of at least 4 members (excludes halogenated alkanes) is 3. The molecule has 1 N–H and O–H groups in total. The van der Waals surface area contributed by atoms with Gasteiger partial charge in [0.1, 0.15) is 12.4 Å². The van der Waals surface area contributed by atoms with Gasteiger partial charge in [-0.15, -0.1) is 0 Å². The molecular weight excluding hydrogens is 212 g/mol. The fourth-order valence-corrected chi connectivity index (χ4v) is 2.19. The van der Waals surface area contributed by atoms with E-state index in [1.165, 1.54) is 19.3 Å². The number of imidazole rings is 1. The molecule has 0 fully saturated rings. The van der Waals surface area contributed by atoms with Gasteiger partial charge < -0.3 is 9.67 Å². The van der Waals surface area contributed by atoms with E-state index in [9.17, 15) is 5.11 Å². The average Bonchev–Trinajstić information content (AvgIpc) is 2.73. The Balaban J connectivity index is 2.18. The van der Waals surface area contributed by atoms with Crippen molar-refractivity contribution in [3.8, 4) is 0 Å². The SMILES string of the molecule is CCCCCCn1c(CO)nc2ccccc21. The van der Waals surface area contributed by atoms with Gasteiger partial charge in [-0.25, -0.2) is 4.98 Å². The number of benzene rings is 1. The van der Waals surface area contributed by atoms with E-state index < -0.39 is 0 Å². The molecule has 0 saturated heterocycles. The third kappa shape index (κ3) is 2.67. The highest BCUT2D eigenvalue weighted by molar-refractivity contribution is 5.75. The molecule has 0 amide bonds. The number of nitrogens with zero attached hydrogens (tertiary/aromatic N) is 2. The molecule has 0 unspecified atom stereocenters. The molecule has 17 heavy (non-hydrogen) atoms.